The topological polar surface area (TPSA) is 56.5 Å². The maximum atomic E-state index is 13.3. The molecule has 0 radical (unpaired) electrons. The van der Waals surface area contributed by atoms with Gasteiger partial charge in [0, 0.05) is 11.1 Å². The molecule has 0 bridgehead atoms. The zero-order valence-corrected chi connectivity index (χ0v) is 18.6. The van der Waals surface area contributed by atoms with Crippen LogP contribution in [-0.4, -0.2) is 22.0 Å². The minimum absolute atomic E-state index is 0.00590. The molecule has 0 saturated heterocycles. The summed E-state index contributed by atoms with van der Waals surface area (Å²) >= 11 is 0. The number of benzene rings is 3. The van der Waals surface area contributed by atoms with Crippen LogP contribution in [0.2, 0.25) is 0 Å². The number of aromatic nitrogens is 2. The first-order valence-electron chi connectivity index (χ1n) is 10.8. The molecule has 0 aliphatic rings. The van der Waals surface area contributed by atoms with Gasteiger partial charge in [-0.2, -0.15) is 22.9 Å². The van der Waals surface area contributed by atoms with E-state index in [4.69, 9.17) is 4.74 Å². The molecule has 4 aromatic rings. The Labute approximate surface area is 194 Å². The number of nitrogens with zero attached hydrogens (tertiary/aromatic N) is 3. The van der Waals surface area contributed by atoms with Crippen molar-refractivity contribution < 1.29 is 17.9 Å². The summed E-state index contributed by atoms with van der Waals surface area (Å²) in [6.45, 7) is 3.94. The molecule has 0 N–H and O–H groups in total. The minimum atomic E-state index is -4.53. The number of para-hydroxylation sites is 2. The fourth-order valence-electron chi connectivity index (χ4n) is 3.37. The Balaban J connectivity index is 1.89. The molecule has 0 aliphatic carbocycles. The van der Waals surface area contributed by atoms with Crippen LogP contribution in [0.5, 0.6) is 5.75 Å². The van der Waals surface area contributed by atoms with Gasteiger partial charge < -0.3 is 4.74 Å². The Morgan fingerprint density at radius 3 is 2.56 bits per heavy atom. The summed E-state index contributed by atoms with van der Waals surface area (Å²) in [4.78, 5) is 17.8. The highest BCUT2D eigenvalue weighted by molar-refractivity contribution is 5.84. The highest BCUT2D eigenvalue weighted by Gasteiger charge is 2.31. The van der Waals surface area contributed by atoms with Crippen LogP contribution in [0, 0.1) is 0 Å². The molecule has 0 saturated carbocycles. The maximum Gasteiger partial charge on any atom is 0.416 e. The van der Waals surface area contributed by atoms with E-state index in [1.807, 2.05) is 19.9 Å². The molecular weight excluding hydrogens is 443 g/mol. The third-order valence-electron chi connectivity index (χ3n) is 5.34. The van der Waals surface area contributed by atoms with E-state index in [0.29, 0.717) is 22.2 Å². The standard InChI is InChI=1S/C26H22F3N3O2/c1-3-17(2)34-23-14-7-4-9-19(23)16-30-32-24(18-10-8-11-20(15-18)26(27,28)29)31-22-13-6-5-12-21(22)25(32)33/h4-17H,3H2,1-2H3/t17-/m1/s1. The Hall–Kier alpha value is -3.94. The van der Waals surface area contributed by atoms with Crippen LogP contribution in [0.4, 0.5) is 13.2 Å². The van der Waals surface area contributed by atoms with Crippen molar-refractivity contribution in [2.45, 2.75) is 32.5 Å². The van der Waals surface area contributed by atoms with Crippen LogP contribution < -0.4 is 10.3 Å². The van der Waals surface area contributed by atoms with Gasteiger partial charge in [-0.3, -0.25) is 4.79 Å². The lowest BCUT2D eigenvalue weighted by Gasteiger charge is -2.15. The second-order valence-electron chi connectivity index (χ2n) is 7.77. The molecule has 1 heterocycles. The zero-order valence-electron chi connectivity index (χ0n) is 18.6. The molecule has 5 nitrogen and oxygen atoms in total. The summed E-state index contributed by atoms with van der Waals surface area (Å²) < 4.78 is 47.0. The van der Waals surface area contributed by atoms with Crippen molar-refractivity contribution in [3.63, 3.8) is 0 Å². The van der Waals surface area contributed by atoms with Gasteiger partial charge in [-0.15, -0.1) is 0 Å². The van der Waals surface area contributed by atoms with Crippen LogP contribution in [-0.2, 0) is 6.18 Å². The van der Waals surface area contributed by atoms with Crippen molar-refractivity contribution in [3.8, 4) is 17.1 Å². The molecule has 8 heteroatoms. The SMILES string of the molecule is CC[C@@H](C)Oc1ccccc1C=Nn1c(-c2cccc(C(F)(F)F)c2)nc2ccccc2c1=O. The molecule has 4 rings (SSSR count). The first-order valence-corrected chi connectivity index (χ1v) is 10.8. The van der Waals surface area contributed by atoms with Crippen molar-refractivity contribution in [2.24, 2.45) is 5.10 Å². The van der Waals surface area contributed by atoms with Crippen LogP contribution in [0.1, 0.15) is 31.4 Å². The number of fused-ring (bicyclic) bond motifs is 1. The van der Waals surface area contributed by atoms with Gasteiger partial charge in [0.05, 0.1) is 28.8 Å². The van der Waals surface area contributed by atoms with Gasteiger partial charge in [0.1, 0.15) is 5.75 Å². The van der Waals surface area contributed by atoms with Crippen LogP contribution in [0.15, 0.2) is 82.7 Å². The monoisotopic (exact) mass is 465 g/mol. The number of ether oxygens (including phenoxy) is 1. The molecule has 0 aliphatic heterocycles. The molecule has 0 fully saturated rings. The summed E-state index contributed by atoms with van der Waals surface area (Å²) in [6.07, 6.45) is -2.31. The Morgan fingerprint density at radius 2 is 1.79 bits per heavy atom. The lowest BCUT2D eigenvalue weighted by atomic mass is 10.1. The second kappa shape index (κ2) is 9.51. The molecule has 3 aromatic carbocycles. The van der Waals surface area contributed by atoms with Gasteiger partial charge in [0.15, 0.2) is 5.82 Å². The van der Waals surface area contributed by atoms with Gasteiger partial charge in [-0.25, -0.2) is 4.98 Å². The molecule has 174 valence electrons. The van der Waals surface area contributed by atoms with Crippen molar-refractivity contribution >= 4 is 17.1 Å². The molecular formula is C26H22F3N3O2. The quantitative estimate of drug-likeness (QED) is 0.321. The fraction of sp³-hybridized carbons (Fsp3) is 0.192. The van der Waals surface area contributed by atoms with Gasteiger partial charge in [-0.1, -0.05) is 43.3 Å². The first-order chi connectivity index (χ1) is 16.3. The Bertz CT molecular complexity index is 1410. The van der Waals surface area contributed by atoms with Gasteiger partial charge >= 0.3 is 6.18 Å². The summed E-state index contributed by atoms with van der Waals surface area (Å²) in [7, 11) is 0. The van der Waals surface area contributed by atoms with E-state index >= 15 is 0 Å². The smallest absolute Gasteiger partial charge is 0.416 e. The van der Waals surface area contributed by atoms with E-state index < -0.39 is 17.3 Å². The first kappa shape index (κ1) is 23.2. The van der Waals surface area contributed by atoms with E-state index in [1.54, 1.807) is 42.5 Å². The third-order valence-corrected chi connectivity index (χ3v) is 5.34. The number of halogens is 3. The van der Waals surface area contributed by atoms with Gasteiger partial charge in [0.2, 0.25) is 0 Å². The van der Waals surface area contributed by atoms with E-state index in [-0.39, 0.29) is 17.5 Å². The second-order valence-corrected chi connectivity index (χ2v) is 7.77. The van der Waals surface area contributed by atoms with Crippen molar-refractivity contribution in [2.75, 3.05) is 0 Å². The molecule has 0 unspecified atom stereocenters. The van der Waals surface area contributed by atoms with Crippen LogP contribution in [0.3, 0.4) is 0 Å². The summed E-state index contributed by atoms with van der Waals surface area (Å²) in [5.41, 5.74) is -0.214. The highest BCUT2D eigenvalue weighted by atomic mass is 19.4. The summed E-state index contributed by atoms with van der Waals surface area (Å²) in [5, 5.41) is 4.65. The summed E-state index contributed by atoms with van der Waals surface area (Å²) in [6, 6.07) is 18.5. The lowest BCUT2D eigenvalue weighted by Crippen LogP contribution is -2.20. The van der Waals surface area contributed by atoms with Crippen molar-refractivity contribution in [3.05, 3.63) is 94.3 Å². The van der Waals surface area contributed by atoms with E-state index in [9.17, 15) is 18.0 Å². The minimum Gasteiger partial charge on any atom is -0.490 e. The summed E-state index contributed by atoms with van der Waals surface area (Å²) in [5.74, 6) is 0.592. The predicted molar refractivity (Wildman–Crippen MR) is 126 cm³/mol. The Morgan fingerprint density at radius 1 is 1.06 bits per heavy atom. The normalized spacial score (nSPS) is 12.9. The molecule has 1 aromatic heterocycles. The fourth-order valence-corrected chi connectivity index (χ4v) is 3.37. The molecule has 0 spiro atoms. The average molecular weight is 465 g/mol. The van der Waals surface area contributed by atoms with E-state index in [0.717, 1.165) is 23.2 Å². The van der Waals surface area contributed by atoms with E-state index in [2.05, 4.69) is 10.1 Å². The number of hydrogen-bond acceptors (Lipinski definition) is 4. The average Bonchev–Trinajstić information content (AvgIpc) is 2.83. The van der Waals surface area contributed by atoms with Gasteiger partial charge in [-0.05, 0) is 49.7 Å². The predicted octanol–water partition coefficient (Wildman–Crippen LogP) is 6.14. The van der Waals surface area contributed by atoms with Crippen molar-refractivity contribution in [1.29, 1.82) is 0 Å². The van der Waals surface area contributed by atoms with Gasteiger partial charge in [0.25, 0.3) is 5.56 Å². The Kier molecular flexibility index (Phi) is 6.49. The highest BCUT2D eigenvalue weighted by Crippen LogP contribution is 2.32. The molecule has 0 amide bonds. The number of rotatable bonds is 6. The molecule has 34 heavy (non-hydrogen) atoms. The molecule has 1 atom stereocenters. The van der Waals surface area contributed by atoms with Crippen LogP contribution >= 0.6 is 0 Å². The largest absolute Gasteiger partial charge is 0.490 e. The lowest BCUT2D eigenvalue weighted by molar-refractivity contribution is -0.137. The maximum absolute atomic E-state index is 13.3. The number of hydrogen-bond donors (Lipinski definition) is 0. The van der Waals surface area contributed by atoms with Crippen LogP contribution in [0.25, 0.3) is 22.3 Å². The van der Waals surface area contributed by atoms with Crippen molar-refractivity contribution in [1.82, 2.24) is 9.66 Å². The number of alkyl halides is 3. The third kappa shape index (κ3) is 4.85. The van der Waals surface area contributed by atoms with E-state index in [1.165, 1.54) is 18.3 Å². The zero-order chi connectivity index (χ0) is 24.3.